The van der Waals surface area contributed by atoms with E-state index < -0.39 is 45.7 Å². The minimum absolute atomic E-state index is 0.0236. The summed E-state index contributed by atoms with van der Waals surface area (Å²) >= 11 is 5.78. The first-order valence-electron chi connectivity index (χ1n) is 6.64. The van der Waals surface area contributed by atoms with Crippen molar-refractivity contribution in [2.45, 2.75) is 11.5 Å². The van der Waals surface area contributed by atoms with Crippen LogP contribution in [0.4, 0.5) is 8.78 Å². The molecule has 24 heavy (non-hydrogen) atoms. The number of sulfonamides is 1. The summed E-state index contributed by atoms with van der Waals surface area (Å²) in [5, 5.41) is 0.0785. The summed E-state index contributed by atoms with van der Waals surface area (Å²) in [6.45, 7) is -1.19. The molecule has 1 N–H and O–H groups in total. The standard InChI is InChI=1S/C15H12ClF2NO4S/c16-11-4-3-6-12(17)10(11)9-23-15(20)8-19-24(21,22)14-7-2-1-5-13(14)18/h1-7,19H,8-9H2. The van der Waals surface area contributed by atoms with Gasteiger partial charge in [-0.25, -0.2) is 17.2 Å². The molecular weight excluding hydrogens is 364 g/mol. The van der Waals surface area contributed by atoms with Gasteiger partial charge in [-0.3, -0.25) is 4.79 Å². The molecule has 0 radical (unpaired) electrons. The van der Waals surface area contributed by atoms with E-state index >= 15 is 0 Å². The predicted octanol–water partition coefficient (Wildman–Crippen LogP) is 2.64. The van der Waals surface area contributed by atoms with Crippen LogP contribution in [0.1, 0.15) is 5.56 Å². The number of benzene rings is 2. The number of ether oxygens (including phenoxy) is 1. The molecule has 0 unspecified atom stereocenters. The molecule has 0 aromatic heterocycles. The number of esters is 1. The first-order valence-corrected chi connectivity index (χ1v) is 8.50. The van der Waals surface area contributed by atoms with E-state index in [0.717, 1.165) is 18.2 Å². The first-order chi connectivity index (χ1) is 11.3. The first kappa shape index (κ1) is 18.3. The summed E-state index contributed by atoms with van der Waals surface area (Å²) in [5.41, 5.74) is -0.0236. The Hall–Kier alpha value is -2.03. The fourth-order valence-electron chi connectivity index (χ4n) is 1.77. The van der Waals surface area contributed by atoms with Crippen molar-refractivity contribution in [1.82, 2.24) is 4.72 Å². The van der Waals surface area contributed by atoms with Gasteiger partial charge in [0.15, 0.2) is 0 Å². The quantitative estimate of drug-likeness (QED) is 0.788. The summed E-state index contributed by atoms with van der Waals surface area (Å²) in [6, 6.07) is 8.68. The molecule has 0 spiro atoms. The summed E-state index contributed by atoms with van der Waals surface area (Å²) < 4.78 is 57.5. The Morgan fingerprint density at radius 1 is 1.08 bits per heavy atom. The largest absolute Gasteiger partial charge is 0.460 e. The maximum absolute atomic E-state index is 13.5. The lowest BCUT2D eigenvalue weighted by molar-refractivity contribution is -0.143. The molecular formula is C15H12ClF2NO4S. The molecule has 5 nitrogen and oxygen atoms in total. The zero-order valence-electron chi connectivity index (χ0n) is 12.1. The monoisotopic (exact) mass is 375 g/mol. The Kier molecular flexibility index (Phi) is 5.87. The molecule has 0 atom stereocenters. The molecule has 0 saturated heterocycles. The van der Waals surface area contributed by atoms with Gasteiger partial charge in [-0.15, -0.1) is 0 Å². The zero-order valence-corrected chi connectivity index (χ0v) is 13.7. The van der Waals surface area contributed by atoms with Gasteiger partial charge >= 0.3 is 5.97 Å². The minimum atomic E-state index is -4.21. The molecule has 2 rings (SSSR count). The van der Waals surface area contributed by atoms with E-state index in [4.69, 9.17) is 16.3 Å². The number of carbonyl (C=O) groups is 1. The number of rotatable bonds is 6. The third-order valence-corrected chi connectivity index (χ3v) is 4.76. The molecule has 0 saturated carbocycles. The molecule has 2 aromatic rings. The van der Waals surface area contributed by atoms with Gasteiger partial charge < -0.3 is 4.74 Å². The molecule has 0 amide bonds. The second-order valence-corrected chi connectivity index (χ2v) is 6.76. The summed E-state index contributed by atoms with van der Waals surface area (Å²) in [6.07, 6.45) is 0. The number of halogens is 3. The molecule has 0 heterocycles. The molecule has 0 fully saturated rings. The Morgan fingerprint density at radius 2 is 1.75 bits per heavy atom. The van der Waals surface area contributed by atoms with Crippen molar-refractivity contribution in [2.24, 2.45) is 0 Å². The SMILES string of the molecule is O=C(CNS(=O)(=O)c1ccccc1F)OCc1c(F)cccc1Cl. The third-order valence-electron chi connectivity index (χ3n) is 2.97. The van der Waals surface area contributed by atoms with Crippen molar-refractivity contribution in [3.63, 3.8) is 0 Å². The van der Waals surface area contributed by atoms with Crippen LogP contribution >= 0.6 is 11.6 Å². The van der Waals surface area contributed by atoms with Gasteiger partial charge in [0, 0.05) is 5.56 Å². The molecule has 2 aromatic carbocycles. The van der Waals surface area contributed by atoms with Crippen LogP contribution in [0.2, 0.25) is 5.02 Å². The van der Waals surface area contributed by atoms with Crippen LogP contribution in [-0.4, -0.2) is 20.9 Å². The zero-order chi connectivity index (χ0) is 17.7. The van der Waals surface area contributed by atoms with Crippen LogP contribution in [-0.2, 0) is 26.2 Å². The van der Waals surface area contributed by atoms with Crippen LogP contribution in [0.5, 0.6) is 0 Å². The predicted molar refractivity (Wildman–Crippen MR) is 82.8 cm³/mol. The topological polar surface area (TPSA) is 72.5 Å². The maximum Gasteiger partial charge on any atom is 0.321 e. The number of hydrogen-bond acceptors (Lipinski definition) is 4. The van der Waals surface area contributed by atoms with Gasteiger partial charge in [-0.2, -0.15) is 4.72 Å². The Morgan fingerprint density at radius 3 is 2.42 bits per heavy atom. The van der Waals surface area contributed by atoms with Crippen molar-refractivity contribution in [2.75, 3.05) is 6.54 Å². The number of carbonyl (C=O) groups excluding carboxylic acids is 1. The maximum atomic E-state index is 13.5. The van der Waals surface area contributed by atoms with Gasteiger partial charge in [0.25, 0.3) is 0 Å². The molecule has 0 bridgehead atoms. The molecule has 128 valence electrons. The second kappa shape index (κ2) is 7.69. The lowest BCUT2D eigenvalue weighted by Crippen LogP contribution is -2.31. The highest BCUT2D eigenvalue weighted by Crippen LogP contribution is 2.19. The molecule has 0 aliphatic carbocycles. The van der Waals surface area contributed by atoms with Crippen LogP contribution in [0.3, 0.4) is 0 Å². The highest BCUT2D eigenvalue weighted by Gasteiger charge is 2.20. The molecule has 0 aliphatic heterocycles. The van der Waals surface area contributed by atoms with Gasteiger partial charge in [-0.1, -0.05) is 29.8 Å². The minimum Gasteiger partial charge on any atom is -0.460 e. The summed E-state index contributed by atoms with van der Waals surface area (Å²) in [4.78, 5) is 11.0. The fourth-order valence-corrected chi connectivity index (χ4v) is 3.03. The van der Waals surface area contributed by atoms with Crippen LogP contribution < -0.4 is 4.72 Å². The van der Waals surface area contributed by atoms with E-state index in [2.05, 4.69) is 0 Å². The van der Waals surface area contributed by atoms with E-state index in [1.54, 1.807) is 0 Å². The van der Waals surface area contributed by atoms with Crippen molar-refractivity contribution < 1.29 is 26.7 Å². The van der Waals surface area contributed by atoms with Crippen LogP contribution in [0.15, 0.2) is 47.4 Å². The van der Waals surface area contributed by atoms with Gasteiger partial charge in [0.2, 0.25) is 10.0 Å². The van der Waals surface area contributed by atoms with Crippen molar-refractivity contribution in [3.05, 3.63) is 64.7 Å². The summed E-state index contributed by atoms with van der Waals surface area (Å²) in [7, 11) is -4.21. The second-order valence-electron chi connectivity index (χ2n) is 4.62. The molecule has 0 aliphatic rings. The summed E-state index contributed by atoms with van der Waals surface area (Å²) in [5.74, 6) is -2.56. The van der Waals surface area contributed by atoms with E-state index in [-0.39, 0.29) is 10.6 Å². The van der Waals surface area contributed by atoms with Crippen molar-refractivity contribution in [1.29, 1.82) is 0 Å². The lowest BCUT2D eigenvalue weighted by atomic mass is 10.2. The average molecular weight is 376 g/mol. The third kappa shape index (κ3) is 4.50. The highest BCUT2D eigenvalue weighted by atomic mass is 35.5. The Labute approximate surface area is 142 Å². The van der Waals surface area contributed by atoms with Gasteiger partial charge in [0.1, 0.15) is 29.7 Å². The fraction of sp³-hybridized carbons (Fsp3) is 0.133. The van der Waals surface area contributed by atoms with Crippen molar-refractivity contribution in [3.8, 4) is 0 Å². The van der Waals surface area contributed by atoms with E-state index in [1.807, 2.05) is 4.72 Å². The van der Waals surface area contributed by atoms with E-state index in [1.165, 1.54) is 24.3 Å². The number of hydrogen-bond donors (Lipinski definition) is 1. The average Bonchev–Trinajstić information content (AvgIpc) is 2.53. The van der Waals surface area contributed by atoms with Gasteiger partial charge in [-0.05, 0) is 24.3 Å². The smallest absolute Gasteiger partial charge is 0.321 e. The Bertz CT molecular complexity index is 838. The van der Waals surface area contributed by atoms with Crippen molar-refractivity contribution >= 4 is 27.6 Å². The lowest BCUT2D eigenvalue weighted by Gasteiger charge is -2.09. The number of nitrogens with one attached hydrogen (secondary N) is 1. The Balaban J connectivity index is 1.95. The normalized spacial score (nSPS) is 11.3. The van der Waals surface area contributed by atoms with Crippen LogP contribution in [0.25, 0.3) is 0 Å². The van der Waals surface area contributed by atoms with E-state index in [9.17, 15) is 22.0 Å². The van der Waals surface area contributed by atoms with E-state index in [0.29, 0.717) is 0 Å². The van der Waals surface area contributed by atoms with Gasteiger partial charge in [0.05, 0.1) is 5.02 Å². The molecule has 9 heteroatoms. The highest BCUT2D eigenvalue weighted by molar-refractivity contribution is 7.89. The van der Waals surface area contributed by atoms with Crippen LogP contribution in [0, 0.1) is 11.6 Å².